The molecule has 9 heteroatoms. The maximum absolute atomic E-state index is 13.1. The normalized spacial score (nSPS) is 27.0. The third-order valence-corrected chi connectivity index (χ3v) is 7.18. The molecule has 2 fully saturated rings. The van der Waals surface area contributed by atoms with Gasteiger partial charge in [0.2, 0.25) is 10.0 Å². The first-order valence-electron chi connectivity index (χ1n) is 8.25. The minimum Gasteiger partial charge on any atom is -0.480 e. The molecule has 1 aromatic carbocycles. The number of sulfonamides is 1. The summed E-state index contributed by atoms with van der Waals surface area (Å²) in [5.74, 6) is -1.08. The topological polar surface area (TPSA) is 118 Å². The molecule has 0 spiro atoms. The van der Waals surface area contributed by atoms with Crippen molar-refractivity contribution in [3.63, 3.8) is 0 Å². The van der Waals surface area contributed by atoms with E-state index >= 15 is 0 Å². The Morgan fingerprint density at radius 2 is 2.00 bits per heavy atom. The lowest BCUT2D eigenvalue weighted by Gasteiger charge is -2.32. The third-order valence-electron chi connectivity index (χ3n) is 5.25. The molecule has 8 nitrogen and oxygen atoms in total. The van der Waals surface area contributed by atoms with Crippen LogP contribution in [0.3, 0.4) is 0 Å². The Kier molecular flexibility index (Phi) is 4.54. The molecule has 1 heterocycles. The molecule has 0 amide bonds. The molecule has 3 atom stereocenters. The summed E-state index contributed by atoms with van der Waals surface area (Å²) >= 11 is 0. The Morgan fingerprint density at radius 1 is 1.32 bits per heavy atom. The summed E-state index contributed by atoms with van der Waals surface area (Å²) in [6.07, 6.45) is 3.67. The van der Waals surface area contributed by atoms with Crippen molar-refractivity contribution < 1.29 is 23.2 Å². The average molecular weight is 368 g/mol. The molecule has 1 aliphatic carbocycles. The minimum absolute atomic E-state index is 0.0590. The van der Waals surface area contributed by atoms with Crippen molar-refractivity contribution in [3.8, 4) is 0 Å². The minimum atomic E-state index is -4.04. The Morgan fingerprint density at radius 3 is 2.60 bits per heavy atom. The van der Waals surface area contributed by atoms with Gasteiger partial charge in [-0.15, -0.1) is 0 Å². The summed E-state index contributed by atoms with van der Waals surface area (Å²) in [6, 6.07) is 2.22. The Balaban J connectivity index is 2.03. The molecule has 0 radical (unpaired) electrons. The van der Waals surface area contributed by atoms with Crippen LogP contribution in [0.4, 0.5) is 5.69 Å². The largest absolute Gasteiger partial charge is 0.480 e. The number of aryl methyl sites for hydroxylation is 1. The highest BCUT2D eigenvalue weighted by atomic mass is 32.2. The fourth-order valence-corrected chi connectivity index (χ4v) is 6.04. The fourth-order valence-electron chi connectivity index (χ4n) is 4.09. The predicted octanol–water partition coefficient (Wildman–Crippen LogP) is 2.31. The molecule has 3 rings (SSSR count). The van der Waals surface area contributed by atoms with Gasteiger partial charge < -0.3 is 5.11 Å². The quantitative estimate of drug-likeness (QED) is 0.643. The van der Waals surface area contributed by atoms with Crippen molar-refractivity contribution in [3.05, 3.63) is 33.9 Å². The molecule has 1 N–H and O–H groups in total. The van der Waals surface area contributed by atoms with Gasteiger partial charge in [0, 0.05) is 17.7 Å². The maximum atomic E-state index is 13.1. The van der Waals surface area contributed by atoms with Crippen LogP contribution in [0.5, 0.6) is 0 Å². The predicted molar refractivity (Wildman–Crippen MR) is 88.6 cm³/mol. The average Bonchev–Trinajstić information content (AvgIpc) is 2.94. The van der Waals surface area contributed by atoms with E-state index in [-0.39, 0.29) is 28.1 Å². The lowest BCUT2D eigenvalue weighted by Crippen LogP contribution is -2.46. The Bertz CT molecular complexity index is 822. The second kappa shape index (κ2) is 6.38. The molecule has 0 aromatic heterocycles. The first-order valence-corrected chi connectivity index (χ1v) is 9.69. The monoisotopic (exact) mass is 368 g/mol. The van der Waals surface area contributed by atoms with Crippen LogP contribution in [-0.4, -0.2) is 40.8 Å². The highest BCUT2D eigenvalue weighted by Crippen LogP contribution is 2.43. The Labute approximate surface area is 145 Å². The summed E-state index contributed by atoms with van der Waals surface area (Å²) in [7, 11) is -4.04. The maximum Gasteiger partial charge on any atom is 0.322 e. The van der Waals surface area contributed by atoms with Crippen LogP contribution in [0.1, 0.15) is 37.7 Å². The number of carboxylic acids is 1. The van der Waals surface area contributed by atoms with Gasteiger partial charge in [-0.25, -0.2) is 8.42 Å². The molecule has 2 aliphatic rings. The van der Waals surface area contributed by atoms with Gasteiger partial charge >= 0.3 is 5.97 Å². The number of nitro groups is 1. The lowest BCUT2D eigenvalue weighted by molar-refractivity contribution is -0.385. The smallest absolute Gasteiger partial charge is 0.322 e. The van der Waals surface area contributed by atoms with E-state index in [9.17, 15) is 28.4 Å². The highest BCUT2D eigenvalue weighted by molar-refractivity contribution is 7.89. The van der Waals surface area contributed by atoms with Crippen molar-refractivity contribution in [1.29, 1.82) is 0 Å². The van der Waals surface area contributed by atoms with Crippen molar-refractivity contribution in [2.75, 3.05) is 0 Å². The number of carbonyl (C=O) groups is 1. The molecular weight excluding hydrogens is 348 g/mol. The number of benzene rings is 1. The van der Waals surface area contributed by atoms with Crippen molar-refractivity contribution >= 4 is 21.7 Å². The van der Waals surface area contributed by atoms with Crippen LogP contribution >= 0.6 is 0 Å². The van der Waals surface area contributed by atoms with Crippen LogP contribution in [0.15, 0.2) is 23.1 Å². The first-order chi connectivity index (χ1) is 11.7. The number of nitro benzene ring substituents is 1. The highest BCUT2D eigenvalue weighted by Gasteiger charge is 2.51. The standard InChI is InChI=1S/C16H20N2O6S/c1-10-8-12(6-7-13(10)18(21)22)25(23,24)17-14-5-3-2-4-11(14)9-15(17)16(19)20/h6-8,11,14-15H,2-5,9H2,1H3,(H,19,20). The third kappa shape index (κ3) is 3.02. The Hall–Kier alpha value is -2.00. The summed E-state index contributed by atoms with van der Waals surface area (Å²) < 4.78 is 27.4. The van der Waals surface area contributed by atoms with Gasteiger partial charge in [-0.05, 0) is 44.2 Å². The molecule has 25 heavy (non-hydrogen) atoms. The van der Waals surface area contributed by atoms with Crippen LogP contribution in [-0.2, 0) is 14.8 Å². The summed E-state index contributed by atoms with van der Waals surface area (Å²) in [5, 5.41) is 20.5. The zero-order chi connectivity index (χ0) is 18.4. The molecule has 1 aromatic rings. The molecule has 3 unspecified atom stereocenters. The summed E-state index contributed by atoms with van der Waals surface area (Å²) in [5.41, 5.74) is 0.0723. The van der Waals surface area contributed by atoms with E-state index in [0.717, 1.165) is 29.6 Å². The molecular formula is C16H20N2O6S. The van der Waals surface area contributed by atoms with Crippen molar-refractivity contribution in [2.45, 2.75) is 56.0 Å². The van der Waals surface area contributed by atoms with E-state index in [1.54, 1.807) is 0 Å². The fraction of sp³-hybridized carbons (Fsp3) is 0.562. The van der Waals surface area contributed by atoms with Crippen LogP contribution in [0, 0.1) is 23.0 Å². The van der Waals surface area contributed by atoms with E-state index in [2.05, 4.69) is 0 Å². The van der Waals surface area contributed by atoms with Crippen molar-refractivity contribution in [2.24, 2.45) is 5.92 Å². The van der Waals surface area contributed by atoms with Gasteiger partial charge in [-0.2, -0.15) is 4.31 Å². The van der Waals surface area contributed by atoms with Crippen molar-refractivity contribution in [1.82, 2.24) is 4.31 Å². The van der Waals surface area contributed by atoms with E-state index < -0.39 is 27.0 Å². The molecule has 1 saturated carbocycles. The molecule has 1 saturated heterocycles. The van der Waals surface area contributed by atoms with E-state index in [0.29, 0.717) is 12.8 Å². The van der Waals surface area contributed by atoms with Gasteiger partial charge in [0.05, 0.1) is 9.82 Å². The van der Waals surface area contributed by atoms with E-state index in [1.807, 2.05) is 0 Å². The number of aliphatic carboxylic acids is 1. The number of rotatable bonds is 4. The molecule has 136 valence electrons. The molecule has 1 aliphatic heterocycles. The SMILES string of the molecule is Cc1cc(S(=O)(=O)N2C(C(=O)O)CC3CCCCC32)ccc1[N+](=O)[O-]. The second-order valence-corrected chi connectivity index (χ2v) is 8.59. The van der Waals surface area contributed by atoms with Gasteiger partial charge in [0.1, 0.15) is 6.04 Å². The van der Waals surface area contributed by atoms with Gasteiger partial charge in [0.15, 0.2) is 0 Å². The van der Waals surface area contributed by atoms with Crippen LogP contribution < -0.4 is 0 Å². The molecule has 0 bridgehead atoms. The number of hydrogen-bond donors (Lipinski definition) is 1. The van der Waals surface area contributed by atoms with E-state index in [1.165, 1.54) is 19.1 Å². The van der Waals surface area contributed by atoms with E-state index in [4.69, 9.17) is 0 Å². The number of fused-ring (bicyclic) bond motifs is 1. The van der Waals surface area contributed by atoms with Gasteiger partial charge in [0.25, 0.3) is 5.69 Å². The zero-order valence-electron chi connectivity index (χ0n) is 13.8. The summed E-state index contributed by atoms with van der Waals surface area (Å²) in [4.78, 5) is 21.9. The number of nitrogens with zero attached hydrogens (tertiary/aromatic N) is 2. The number of carboxylic acid groups (broad SMARTS) is 1. The zero-order valence-corrected chi connectivity index (χ0v) is 14.6. The second-order valence-electron chi connectivity index (χ2n) is 6.74. The van der Waals surface area contributed by atoms with Gasteiger partial charge in [-0.1, -0.05) is 12.8 Å². The lowest BCUT2D eigenvalue weighted by atomic mass is 9.85. The first kappa shape index (κ1) is 17.8. The van der Waals surface area contributed by atoms with Crippen LogP contribution in [0.25, 0.3) is 0 Å². The van der Waals surface area contributed by atoms with Gasteiger partial charge in [-0.3, -0.25) is 14.9 Å². The number of hydrogen-bond acceptors (Lipinski definition) is 5. The summed E-state index contributed by atoms with van der Waals surface area (Å²) in [6.45, 7) is 1.47. The van der Waals surface area contributed by atoms with Crippen LogP contribution in [0.2, 0.25) is 0 Å².